The normalized spacial score (nSPS) is 22.6. The minimum atomic E-state index is -1.86. The number of hydrogen-bond donors (Lipinski definition) is 1. The van der Waals surface area contributed by atoms with Gasteiger partial charge in [0.1, 0.15) is 5.78 Å². The summed E-state index contributed by atoms with van der Waals surface area (Å²) in [6.07, 6.45) is 1.63. The number of Topliss-reactive ketones (excluding diaryl/α,β-unsaturated/α-hetero) is 1. The Morgan fingerprint density at radius 3 is 2.56 bits per heavy atom. The maximum absolute atomic E-state index is 11.9. The number of methoxy groups -OCH3 is 1. The average Bonchev–Trinajstić information content (AvgIpc) is 2.84. The molecule has 0 radical (unpaired) electrons. The maximum Gasteiger partial charge on any atom is 0.343 e. The molecule has 0 saturated heterocycles. The van der Waals surface area contributed by atoms with Gasteiger partial charge in [-0.1, -0.05) is 30.3 Å². The second-order valence-corrected chi connectivity index (χ2v) is 4.54. The number of esters is 1. The van der Waals surface area contributed by atoms with Crippen molar-refractivity contribution in [3.05, 3.63) is 35.9 Å². The lowest BCUT2D eigenvalue weighted by molar-refractivity contribution is -0.172. The van der Waals surface area contributed by atoms with E-state index in [1.807, 2.05) is 0 Å². The molecule has 1 aliphatic carbocycles. The molecule has 0 aromatic heterocycles. The predicted molar refractivity (Wildman–Crippen MR) is 64.7 cm³/mol. The lowest BCUT2D eigenvalue weighted by Gasteiger charge is -2.30. The Balaban J connectivity index is 2.47. The first-order valence-electron chi connectivity index (χ1n) is 5.99. The number of carbonyl (C=O) groups is 2. The summed E-state index contributed by atoms with van der Waals surface area (Å²) in [7, 11) is 1.22. The fraction of sp³-hybridized carbons (Fsp3) is 0.429. The van der Waals surface area contributed by atoms with Crippen LogP contribution in [-0.4, -0.2) is 24.0 Å². The first-order chi connectivity index (χ1) is 8.60. The van der Waals surface area contributed by atoms with Crippen molar-refractivity contribution in [3.63, 3.8) is 0 Å². The molecule has 1 aromatic carbocycles. The molecule has 1 aromatic rings. The van der Waals surface area contributed by atoms with Crippen LogP contribution in [-0.2, 0) is 19.9 Å². The van der Waals surface area contributed by atoms with Crippen molar-refractivity contribution in [2.45, 2.75) is 24.9 Å². The Kier molecular flexibility index (Phi) is 3.48. The third kappa shape index (κ3) is 1.93. The van der Waals surface area contributed by atoms with Gasteiger partial charge in [-0.15, -0.1) is 0 Å². The van der Waals surface area contributed by atoms with Crippen molar-refractivity contribution in [2.75, 3.05) is 7.11 Å². The lowest BCUT2D eigenvalue weighted by Crippen LogP contribution is -2.45. The van der Waals surface area contributed by atoms with E-state index in [9.17, 15) is 14.7 Å². The van der Waals surface area contributed by atoms with E-state index < -0.39 is 17.5 Å². The highest BCUT2D eigenvalue weighted by Crippen LogP contribution is 2.39. The van der Waals surface area contributed by atoms with E-state index in [4.69, 9.17) is 0 Å². The van der Waals surface area contributed by atoms with E-state index in [-0.39, 0.29) is 5.78 Å². The van der Waals surface area contributed by atoms with Gasteiger partial charge in [-0.2, -0.15) is 0 Å². The van der Waals surface area contributed by atoms with Crippen LogP contribution in [0.15, 0.2) is 30.3 Å². The van der Waals surface area contributed by atoms with Gasteiger partial charge < -0.3 is 9.84 Å². The average molecular weight is 248 g/mol. The summed E-state index contributed by atoms with van der Waals surface area (Å²) in [4.78, 5) is 23.8. The van der Waals surface area contributed by atoms with Crippen molar-refractivity contribution in [2.24, 2.45) is 5.92 Å². The summed E-state index contributed by atoms with van der Waals surface area (Å²) in [5, 5.41) is 10.7. The van der Waals surface area contributed by atoms with Crippen LogP contribution in [0.25, 0.3) is 0 Å². The molecule has 0 aliphatic heterocycles. The summed E-state index contributed by atoms with van der Waals surface area (Å²) in [6, 6.07) is 8.52. The highest BCUT2D eigenvalue weighted by molar-refractivity contribution is 5.92. The van der Waals surface area contributed by atoms with Crippen molar-refractivity contribution >= 4 is 11.8 Å². The maximum atomic E-state index is 11.9. The number of ketones is 1. The minimum absolute atomic E-state index is 0.0771. The molecule has 1 saturated carbocycles. The topological polar surface area (TPSA) is 63.6 Å². The Bertz CT molecular complexity index is 454. The number of rotatable bonds is 3. The van der Waals surface area contributed by atoms with Crippen molar-refractivity contribution in [3.8, 4) is 0 Å². The largest absolute Gasteiger partial charge is 0.467 e. The van der Waals surface area contributed by atoms with Gasteiger partial charge in [-0.3, -0.25) is 4.79 Å². The summed E-state index contributed by atoms with van der Waals surface area (Å²) < 4.78 is 4.69. The number of benzene rings is 1. The predicted octanol–water partition coefficient (Wildman–Crippen LogP) is 1.42. The molecule has 0 spiro atoms. The number of ether oxygens (including phenoxy) is 1. The second-order valence-electron chi connectivity index (χ2n) is 4.54. The molecule has 1 N–H and O–H groups in total. The van der Waals surface area contributed by atoms with Crippen LogP contribution in [0.5, 0.6) is 0 Å². The molecule has 1 fully saturated rings. The zero-order valence-electron chi connectivity index (χ0n) is 10.3. The van der Waals surface area contributed by atoms with Crippen LogP contribution in [0.1, 0.15) is 24.8 Å². The highest BCUT2D eigenvalue weighted by atomic mass is 16.5. The third-order valence-corrected chi connectivity index (χ3v) is 3.52. The summed E-state index contributed by atoms with van der Waals surface area (Å²) >= 11 is 0. The van der Waals surface area contributed by atoms with Crippen LogP contribution in [0.4, 0.5) is 0 Å². The SMILES string of the molecule is COC(=O)[C@@](O)(c1ccccc1)[C@H]1CCCC1=O. The molecule has 4 nitrogen and oxygen atoms in total. The first-order valence-corrected chi connectivity index (χ1v) is 5.99. The van der Waals surface area contributed by atoms with Gasteiger partial charge in [-0.05, 0) is 18.4 Å². The second kappa shape index (κ2) is 4.90. The van der Waals surface area contributed by atoms with E-state index in [1.54, 1.807) is 30.3 Å². The number of hydrogen-bond acceptors (Lipinski definition) is 4. The quantitative estimate of drug-likeness (QED) is 0.822. The van der Waals surface area contributed by atoms with Gasteiger partial charge in [0.25, 0.3) is 0 Å². The van der Waals surface area contributed by atoms with E-state index >= 15 is 0 Å². The van der Waals surface area contributed by atoms with Gasteiger partial charge in [0.2, 0.25) is 0 Å². The van der Waals surface area contributed by atoms with Crippen LogP contribution in [0.2, 0.25) is 0 Å². The third-order valence-electron chi connectivity index (χ3n) is 3.52. The monoisotopic (exact) mass is 248 g/mol. The molecule has 18 heavy (non-hydrogen) atoms. The number of aliphatic hydroxyl groups is 1. The van der Waals surface area contributed by atoms with Crippen molar-refractivity contribution in [1.29, 1.82) is 0 Å². The molecule has 1 aliphatic rings. The minimum Gasteiger partial charge on any atom is -0.467 e. The van der Waals surface area contributed by atoms with E-state index in [0.717, 1.165) is 0 Å². The van der Waals surface area contributed by atoms with Gasteiger partial charge in [0.05, 0.1) is 13.0 Å². The fourth-order valence-electron chi connectivity index (χ4n) is 2.57. The number of carbonyl (C=O) groups excluding carboxylic acids is 2. The molecular weight excluding hydrogens is 232 g/mol. The smallest absolute Gasteiger partial charge is 0.343 e. The van der Waals surface area contributed by atoms with Crippen LogP contribution in [0, 0.1) is 5.92 Å². The Labute approximate surface area is 106 Å². The molecule has 0 amide bonds. The lowest BCUT2D eigenvalue weighted by atomic mass is 9.79. The van der Waals surface area contributed by atoms with Crippen molar-refractivity contribution in [1.82, 2.24) is 0 Å². The van der Waals surface area contributed by atoms with Crippen molar-refractivity contribution < 1.29 is 19.4 Å². The molecule has 2 atom stereocenters. The fourth-order valence-corrected chi connectivity index (χ4v) is 2.57. The van der Waals surface area contributed by atoms with E-state index in [0.29, 0.717) is 24.8 Å². The zero-order valence-corrected chi connectivity index (χ0v) is 10.3. The summed E-state index contributed by atoms with van der Waals surface area (Å²) in [6.45, 7) is 0. The molecular formula is C14H16O4. The van der Waals surface area contributed by atoms with Gasteiger partial charge in [0, 0.05) is 6.42 Å². The molecule has 0 bridgehead atoms. The van der Waals surface area contributed by atoms with Crippen LogP contribution < -0.4 is 0 Å². The zero-order chi connectivity index (χ0) is 13.2. The summed E-state index contributed by atoms with van der Waals surface area (Å²) in [5.74, 6) is -1.55. The van der Waals surface area contributed by atoms with Crippen LogP contribution >= 0.6 is 0 Å². The molecule has 0 heterocycles. The van der Waals surface area contributed by atoms with E-state index in [1.165, 1.54) is 7.11 Å². The standard InChI is InChI=1S/C14H16O4/c1-18-13(16)14(17,10-6-3-2-4-7-10)11-8-5-9-12(11)15/h2-4,6-7,11,17H,5,8-9H2,1H3/t11-,14+/m0/s1. The Morgan fingerprint density at radius 2 is 2.06 bits per heavy atom. The van der Waals surface area contributed by atoms with Gasteiger partial charge >= 0.3 is 5.97 Å². The first kappa shape index (κ1) is 12.8. The van der Waals surface area contributed by atoms with Gasteiger partial charge in [-0.25, -0.2) is 4.79 Å². The Hall–Kier alpha value is -1.68. The molecule has 96 valence electrons. The highest BCUT2D eigenvalue weighted by Gasteiger charge is 2.51. The molecule has 2 rings (SSSR count). The molecule has 4 heteroatoms. The summed E-state index contributed by atoms with van der Waals surface area (Å²) in [5.41, 5.74) is -1.44. The van der Waals surface area contributed by atoms with Crippen LogP contribution in [0.3, 0.4) is 0 Å². The Morgan fingerprint density at radius 1 is 1.39 bits per heavy atom. The molecule has 0 unspecified atom stereocenters. The van der Waals surface area contributed by atoms with Gasteiger partial charge in [0.15, 0.2) is 5.60 Å². The van der Waals surface area contributed by atoms with E-state index in [2.05, 4.69) is 4.74 Å².